The molecule has 0 amide bonds. The van der Waals surface area contributed by atoms with Gasteiger partial charge in [0.05, 0.1) is 0 Å². The zero-order chi connectivity index (χ0) is 13.9. The average molecular weight is 281 g/mol. The van der Waals surface area contributed by atoms with Crippen molar-refractivity contribution in [3.8, 4) is 0 Å². The van der Waals surface area contributed by atoms with Gasteiger partial charge in [-0.25, -0.2) is 15.8 Å². The molecular weight excluding hydrogens is 258 g/mol. The van der Waals surface area contributed by atoms with Crippen LogP contribution in [-0.2, 0) is 6.42 Å². The SMILES string of the molecule is CCCc1nc(NN)cc(N2CCSC(C)(C)C2)n1. The molecule has 0 saturated carbocycles. The molecule has 0 spiro atoms. The van der Waals surface area contributed by atoms with Crippen molar-refractivity contribution in [2.24, 2.45) is 5.84 Å². The fourth-order valence-electron chi connectivity index (χ4n) is 2.27. The molecule has 1 fully saturated rings. The molecule has 19 heavy (non-hydrogen) atoms. The van der Waals surface area contributed by atoms with Crippen LogP contribution < -0.4 is 16.2 Å². The molecule has 1 saturated heterocycles. The Bertz CT molecular complexity index is 435. The first-order valence-corrected chi connectivity index (χ1v) is 7.76. The van der Waals surface area contributed by atoms with E-state index in [1.807, 2.05) is 17.8 Å². The van der Waals surface area contributed by atoms with Crippen LogP contribution in [0.5, 0.6) is 0 Å². The van der Waals surface area contributed by atoms with E-state index in [0.717, 1.165) is 43.3 Å². The van der Waals surface area contributed by atoms with Gasteiger partial charge in [0.25, 0.3) is 0 Å². The van der Waals surface area contributed by atoms with E-state index in [-0.39, 0.29) is 4.75 Å². The smallest absolute Gasteiger partial charge is 0.145 e. The number of anilines is 2. The summed E-state index contributed by atoms with van der Waals surface area (Å²) in [6, 6.07) is 1.94. The van der Waals surface area contributed by atoms with E-state index in [4.69, 9.17) is 5.84 Å². The number of nitrogens with one attached hydrogen (secondary N) is 1. The lowest BCUT2D eigenvalue weighted by atomic mass is 10.2. The number of aromatic nitrogens is 2. The molecule has 1 aromatic heterocycles. The number of rotatable bonds is 4. The van der Waals surface area contributed by atoms with Crippen molar-refractivity contribution in [1.82, 2.24) is 9.97 Å². The van der Waals surface area contributed by atoms with Crippen molar-refractivity contribution in [2.75, 3.05) is 29.2 Å². The minimum absolute atomic E-state index is 0.268. The Morgan fingerprint density at radius 1 is 1.47 bits per heavy atom. The molecule has 0 aliphatic carbocycles. The van der Waals surface area contributed by atoms with Gasteiger partial charge in [-0.15, -0.1) is 0 Å². The summed E-state index contributed by atoms with van der Waals surface area (Å²) in [5.74, 6) is 9.18. The summed E-state index contributed by atoms with van der Waals surface area (Å²) in [5.41, 5.74) is 2.64. The molecular formula is C13H23N5S. The molecule has 1 aliphatic rings. The van der Waals surface area contributed by atoms with E-state index in [1.54, 1.807) is 0 Å². The molecule has 0 unspecified atom stereocenters. The van der Waals surface area contributed by atoms with Gasteiger partial charge in [-0.1, -0.05) is 6.92 Å². The van der Waals surface area contributed by atoms with E-state index < -0.39 is 0 Å². The number of hydrogen-bond acceptors (Lipinski definition) is 6. The zero-order valence-electron chi connectivity index (χ0n) is 11.9. The minimum Gasteiger partial charge on any atom is -0.354 e. The van der Waals surface area contributed by atoms with Crippen LogP contribution in [0.2, 0.25) is 0 Å². The third-order valence-corrected chi connectivity index (χ3v) is 4.43. The van der Waals surface area contributed by atoms with Gasteiger partial charge >= 0.3 is 0 Å². The van der Waals surface area contributed by atoms with Gasteiger partial charge in [-0.2, -0.15) is 11.8 Å². The number of thioether (sulfide) groups is 1. The minimum atomic E-state index is 0.268. The molecule has 1 aromatic rings. The highest BCUT2D eigenvalue weighted by Gasteiger charge is 2.28. The first-order chi connectivity index (χ1) is 9.04. The maximum absolute atomic E-state index is 5.50. The van der Waals surface area contributed by atoms with Gasteiger partial charge < -0.3 is 10.3 Å². The Kier molecular flexibility index (Phi) is 4.52. The fourth-order valence-corrected chi connectivity index (χ4v) is 3.38. The average Bonchev–Trinajstić information content (AvgIpc) is 2.37. The van der Waals surface area contributed by atoms with Gasteiger partial charge in [0.15, 0.2) is 0 Å². The summed E-state index contributed by atoms with van der Waals surface area (Å²) in [5, 5.41) is 0. The highest BCUT2D eigenvalue weighted by molar-refractivity contribution is 8.00. The van der Waals surface area contributed by atoms with Gasteiger partial charge in [0.2, 0.25) is 0 Å². The van der Waals surface area contributed by atoms with Crippen LogP contribution in [0.1, 0.15) is 33.0 Å². The number of hydrazine groups is 1. The maximum Gasteiger partial charge on any atom is 0.145 e. The second-order valence-corrected chi connectivity index (χ2v) is 7.25. The van der Waals surface area contributed by atoms with Crippen LogP contribution in [0.15, 0.2) is 6.07 Å². The van der Waals surface area contributed by atoms with Crippen LogP contribution >= 0.6 is 11.8 Å². The summed E-state index contributed by atoms with van der Waals surface area (Å²) in [7, 11) is 0. The van der Waals surface area contributed by atoms with Crippen LogP contribution in [0, 0.1) is 0 Å². The summed E-state index contributed by atoms with van der Waals surface area (Å²) < 4.78 is 0.268. The quantitative estimate of drug-likeness (QED) is 0.650. The number of hydrogen-bond donors (Lipinski definition) is 2. The summed E-state index contributed by atoms with van der Waals surface area (Å²) in [6.45, 7) is 8.72. The lowest BCUT2D eigenvalue weighted by molar-refractivity contribution is 0.639. The molecule has 1 aliphatic heterocycles. The molecule has 0 atom stereocenters. The molecule has 2 heterocycles. The topological polar surface area (TPSA) is 67.1 Å². The van der Waals surface area contributed by atoms with Gasteiger partial charge in [0, 0.05) is 36.1 Å². The van der Waals surface area contributed by atoms with Crippen molar-refractivity contribution >= 4 is 23.4 Å². The Balaban J connectivity index is 2.25. The maximum atomic E-state index is 5.50. The molecule has 6 heteroatoms. The lowest BCUT2D eigenvalue weighted by Gasteiger charge is -2.38. The van der Waals surface area contributed by atoms with Crippen molar-refractivity contribution in [2.45, 2.75) is 38.4 Å². The zero-order valence-corrected chi connectivity index (χ0v) is 12.8. The third-order valence-electron chi connectivity index (χ3n) is 3.13. The van der Waals surface area contributed by atoms with Gasteiger partial charge in [-0.05, 0) is 20.3 Å². The number of nitrogen functional groups attached to an aromatic ring is 1. The van der Waals surface area contributed by atoms with Crippen molar-refractivity contribution in [3.63, 3.8) is 0 Å². The van der Waals surface area contributed by atoms with Crippen molar-refractivity contribution in [1.29, 1.82) is 0 Å². The van der Waals surface area contributed by atoms with Crippen LogP contribution in [0.25, 0.3) is 0 Å². The Morgan fingerprint density at radius 2 is 2.26 bits per heavy atom. The first kappa shape index (κ1) is 14.4. The van der Waals surface area contributed by atoms with Gasteiger partial charge in [0.1, 0.15) is 17.5 Å². The summed E-state index contributed by atoms with van der Waals surface area (Å²) >= 11 is 2.02. The monoisotopic (exact) mass is 281 g/mol. The van der Waals surface area contributed by atoms with E-state index in [1.165, 1.54) is 0 Å². The molecule has 2 rings (SSSR count). The second kappa shape index (κ2) is 5.96. The lowest BCUT2D eigenvalue weighted by Crippen LogP contribution is -2.43. The first-order valence-electron chi connectivity index (χ1n) is 6.77. The fraction of sp³-hybridized carbons (Fsp3) is 0.692. The molecule has 0 bridgehead atoms. The van der Waals surface area contributed by atoms with Crippen LogP contribution in [0.4, 0.5) is 11.6 Å². The predicted molar refractivity (Wildman–Crippen MR) is 82.6 cm³/mol. The molecule has 3 N–H and O–H groups in total. The Morgan fingerprint density at radius 3 is 2.89 bits per heavy atom. The number of aryl methyl sites for hydroxylation is 1. The standard InChI is InChI=1S/C13H23N5S/c1-4-5-10-15-11(17-14)8-12(16-10)18-6-7-19-13(2,3)9-18/h8H,4-7,9,14H2,1-3H3,(H,15,16,17). The van der Waals surface area contributed by atoms with Gasteiger partial charge in [-0.3, -0.25) is 0 Å². The van der Waals surface area contributed by atoms with Crippen LogP contribution in [0.3, 0.4) is 0 Å². The van der Waals surface area contributed by atoms with E-state index in [9.17, 15) is 0 Å². The van der Waals surface area contributed by atoms with Crippen LogP contribution in [-0.4, -0.2) is 33.6 Å². The van der Waals surface area contributed by atoms with Crippen molar-refractivity contribution < 1.29 is 0 Å². The summed E-state index contributed by atoms with van der Waals surface area (Å²) in [6.07, 6.45) is 1.92. The Labute approximate surface area is 119 Å². The summed E-state index contributed by atoms with van der Waals surface area (Å²) in [4.78, 5) is 11.4. The van der Waals surface area contributed by atoms with E-state index in [2.05, 4.69) is 41.1 Å². The predicted octanol–water partition coefficient (Wildman–Crippen LogP) is 2.05. The normalized spacial score (nSPS) is 18.4. The molecule has 0 radical (unpaired) electrons. The number of nitrogens with zero attached hydrogens (tertiary/aromatic N) is 3. The van der Waals surface area contributed by atoms with E-state index >= 15 is 0 Å². The molecule has 106 valence electrons. The van der Waals surface area contributed by atoms with E-state index in [0.29, 0.717) is 5.82 Å². The Hall–Kier alpha value is -1.01. The van der Waals surface area contributed by atoms with Crippen molar-refractivity contribution in [3.05, 3.63) is 11.9 Å². The number of nitrogens with two attached hydrogens (primary N) is 1. The molecule has 0 aromatic carbocycles. The highest BCUT2D eigenvalue weighted by atomic mass is 32.2. The largest absolute Gasteiger partial charge is 0.354 e. The molecule has 5 nitrogen and oxygen atoms in total. The second-order valence-electron chi connectivity index (χ2n) is 5.45. The highest BCUT2D eigenvalue weighted by Crippen LogP contribution is 2.32. The third kappa shape index (κ3) is 3.73.